The van der Waals surface area contributed by atoms with Crippen molar-refractivity contribution in [2.24, 2.45) is 0 Å². The molecule has 0 fully saturated rings. The van der Waals surface area contributed by atoms with Gasteiger partial charge in [0.05, 0.1) is 19.3 Å². The number of anilines is 1. The molecule has 3 rings (SSSR count). The number of ether oxygens (including phenoxy) is 2. The molecule has 1 heterocycles. The van der Waals surface area contributed by atoms with Crippen molar-refractivity contribution in [2.45, 2.75) is 26.2 Å². The third-order valence-electron chi connectivity index (χ3n) is 4.58. The Balaban J connectivity index is 1.69. The van der Waals surface area contributed by atoms with Gasteiger partial charge in [-0.25, -0.2) is 4.79 Å². The van der Waals surface area contributed by atoms with Crippen molar-refractivity contribution >= 4 is 17.6 Å². The SMILES string of the molecule is CCOc1ccccc1CCC(=O)N1CCc2cc(C(=O)OC)ccc21. The number of rotatable bonds is 6. The van der Waals surface area contributed by atoms with Crippen molar-refractivity contribution in [3.63, 3.8) is 0 Å². The zero-order valence-corrected chi connectivity index (χ0v) is 15.2. The Morgan fingerprint density at radius 3 is 2.73 bits per heavy atom. The van der Waals surface area contributed by atoms with E-state index in [0.29, 0.717) is 31.6 Å². The number of benzene rings is 2. The number of methoxy groups -OCH3 is 1. The molecule has 2 aromatic rings. The maximum atomic E-state index is 12.7. The van der Waals surface area contributed by atoms with E-state index in [-0.39, 0.29) is 11.9 Å². The van der Waals surface area contributed by atoms with Gasteiger partial charge in [0, 0.05) is 18.7 Å². The molecule has 1 aliphatic rings. The summed E-state index contributed by atoms with van der Waals surface area (Å²) in [4.78, 5) is 26.2. The Morgan fingerprint density at radius 2 is 1.96 bits per heavy atom. The predicted molar refractivity (Wildman–Crippen MR) is 99.8 cm³/mol. The summed E-state index contributed by atoms with van der Waals surface area (Å²) >= 11 is 0. The highest BCUT2D eigenvalue weighted by atomic mass is 16.5. The predicted octanol–water partition coefficient (Wildman–Crippen LogP) is 3.39. The van der Waals surface area contributed by atoms with Crippen molar-refractivity contribution in [1.82, 2.24) is 0 Å². The van der Waals surface area contributed by atoms with Crippen molar-refractivity contribution < 1.29 is 19.1 Å². The Bertz CT molecular complexity index is 815. The van der Waals surface area contributed by atoms with Crippen LogP contribution >= 0.6 is 0 Å². The van der Waals surface area contributed by atoms with E-state index in [1.54, 1.807) is 11.0 Å². The smallest absolute Gasteiger partial charge is 0.337 e. The molecule has 0 saturated carbocycles. The van der Waals surface area contributed by atoms with E-state index in [0.717, 1.165) is 29.0 Å². The van der Waals surface area contributed by atoms with Gasteiger partial charge in [-0.15, -0.1) is 0 Å². The quantitative estimate of drug-likeness (QED) is 0.747. The molecule has 0 radical (unpaired) electrons. The van der Waals surface area contributed by atoms with Crippen LogP contribution in [0.25, 0.3) is 0 Å². The summed E-state index contributed by atoms with van der Waals surface area (Å²) in [5.74, 6) is 0.568. The Hall–Kier alpha value is -2.82. The fourth-order valence-corrected chi connectivity index (χ4v) is 3.29. The van der Waals surface area contributed by atoms with E-state index < -0.39 is 0 Å². The molecular weight excluding hydrogens is 330 g/mol. The molecule has 26 heavy (non-hydrogen) atoms. The van der Waals surface area contributed by atoms with E-state index in [9.17, 15) is 9.59 Å². The van der Waals surface area contributed by atoms with Crippen molar-refractivity contribution in [2.75, 3.05) is 25.2 Å². The normalized spacial score (nSPS) is 12.6. The van der Waals surface area contributed by atoms with Gasteiger partial charge in [0.2, 0.25) is 5.91 Å². The summed E-state index contributed by atoms with van der Waals surface area (Å²) in [7, 11) is 1.37. The number of carbonyl (C=O) groups is 2. The van der Waals surface area contributed by atoms with E-state index >= 15 is 0 Å². The highest BCUT2D eigenvalue weighted by Gasteiger charge is 2.25. The van der Waals surface area contributed by atoms with Crippen LogP contribution in [0.5, 0.6) is 5.75 Å². The first-order chi connectivity index (χ1) is 12.6. The van der Waals surface area contributed by atoms with Crippen LogP contribution in [0, 0.1) is 0 Å². The highest BCUT2D eigenvalue weighted by Crippen LogP contribution is 2.30. The monoisotopic (exact) mass is 353 g/mol. The molecule has 0 unspecified atom stereocenters. The lowest BCUT2D eigenvalue weighted by molar-refractivity contribution is -0.118. The van der Waals surface area contributed by atoms with Crippen molar-refractivity contribution in [3.05, 3.63) is 59.2 Å². The van der Waals surface area contributed by atoms with Gasteiger partial charge in [-0.1, -0.05) is 18.2 Å². The lowest BCUT2D eigenvalue weighted by Crippen LogP contribution is -2.29. The van der Waals surface area contributed by atoms with Gasteiger partial charge in [-0.3, -0.25) is 4.79 Å². The third kappa shape index (κ3) is 3.72. The summed E-state index contributed by atoms with van der Waals surface area (Å²) in [6, 6.07) is 13.2. The third-order valence-corrected chi connectivity index (χ3v) is 4.58. The van der Waals surface area contributed by atoms with Gasteiger partial charge in [-0.2, -0.15) is 0 Å². The molecule has 5 nitrogen and oxygen atoms in total. The number of para-hydroxylation sites is 1. The maximum Gasteiger partial charge on any atom is 0.337 e. The number of nitrogens with zero attached hydrogens (tertiary/aromatic N) is 1. The van der Waals surface area contributed by atoms with Crippen LogP contribution in [0.3, 0.4) is 0 Å². The Labute approximate surface area is 153 Å². The zero-order valence-electron chi connectivity index (χ0n) is 15.2. The average molecular weight is 353 g/mol. The fraction of sp³-hybridized carbons (Fsp3) is 0.333. The lowest BCUT2D eigenvalue weighted by atomic mass is 10.1. The molecule has 0 N–H and O–H groups in total. The molecule has 1 amide bonds. The average Bonchev–Trinajstić information content (AvgIpc) is 3.10. The van der Waals surface area contributed by atoms with Gasteiger partial charge in [0.15, 0.2) is 0 Å². The first-order valence-electron chi connectivity index (χ1n) is 8.86. The first-order valence-corrected chi connectivity index (χ1v) is 8.86. The molecule has 0 aromatic heterocycles. The molecule has 2 aromatic carbocycles. The number of fused-ring (bicyclic) bond motifs is 1. The molecule has 136 valence electrons. The van der Waals surface area contributed by atoms with Crippen LogP contribution in [-0.2, 0) is 22.4 Å². The molecule has 0 aliphatic carbocycles. The second kappa shape index (κ2) is 8.04. The van der Waals surface area contributed by atoms with Crippen LogP contribution in [0.15, 0.2) is 42.5 Å². The van der Waals surface area contributed by atoms with Crippen LogP contribution in [0.1, 0.15) is 34.8 Å². The number of amides is 1. The van der Waals surface area contributed by atoms with Gasteiger partial charge >= 0.3 is 5.97 Å². The fourth-order valence-electron chi connectivity index (χ4n) is 3.29. The number of esters is 1. The number of hydrogen-bond acceptors (Lipinski definition) is 4. The second-order valence-electron chi connectivity index (χ2n) is 6.17. The maximum absolute atomic E-state index is 12.7. The Morgan fingerprint density at radius 1 is 1.15 bits per heavy atom. The molecule has 0 spiro atoms. The minimum absolute atomic E-state index is 0.0841. The Kier molecular flexibility index (Phi) is 5.56. The first kappa shape index (κ1) is 18.0. The molecule has 0 atom stereocenters. The van der Waals surface area contributed by atoms with E-state index in [4.69, 9.17) is 9.47 Å². The summed E-state index contributed by atoms with van der Waals surface area (Å²) in [6.07, 6.45) is 1.81. The van der Waals surface area contributed by atoms with E-state index in [1.807, 2.05) is 43.3 Å². The summed E-state index contributed by atoms with van der Waals surface area (Å²) in [5.41, 5.74) is 3.46. The lowest BCUT2D eigenvalue weighted by Gasteiger charge is -2.18. The van der Waals surface area contributed by atoms with E-state index in [1.165, 1.54) is 7.11 Å². The molecular formula is C21H23NO4. The summed E-state index contributed by atoms with van der Waals surface area (Å²) < 4.78 is 10.4. The van der Waals surface area contributed by atoms with Crippen molar-refractivity contribution in [1.29, 1.82) is 0 Å². The van der Waals surface area contributed by atoms with E-state index in [2.05, 4.69) is 0 Å². The zero-order chi connectivity index (χ0) is 18.5. The molecule has 1 aliphatic heterocycles. The van der Waals surface area contributed by atoms with Crippen LogP contribution in [0.2, 0.25) is 0 Å². The largest absolute Gasteiger partial charge is 0.494 e. The van der Waals surface area contributed by atoms with Gasteiger partial charge in [0.25, 0.3) is 0 Å². The minimum Gasteiger partial charge on any atom is -0.494 e. The number of hydrogen-bond donors (Lipinski definition) is 0. The van der Waals surface area contributed by atoms with Gasteiger partial charge in [-0.05, 0) is 55.2 Å². The molecule has 0 bridgehead atoms. The minimum atomic E-state index is -0.356. The number of carbonyl (C=O) groups excluding carboxylic acids is 2. The van der Waals surface area contributed by atoms with Gasteiger partial charge < -0.3 is 14.4 Å². The van der Waals surface area contributed by atoms with Crippen LogP contribution in [0.4, 0.5) is 5.69 Å². The molecule has 0 saturated heterocycles. The van der Waals surface area contributed by atoms with Crippen LogP contribution < -0.4 is 9.64 Å². The van der Waals surface area contributed by atoms with Crippen molar-refractivity contribution in [3.8, 4) is 5.75 Å². The summed E-state index contributed by atoms with van der Waals surface area (Å²) in [6.45, 7) is 3.20. The topological polar surface area (TPSA) is 55.8 Å². The number of aryl methyl sites for hydroxylation is 1. The standard InChI is InChI=1S/C21H23NO4/c1-3-26-19-7-5-4-6-15(19)9-11-20(23)22-13-12-16-14-17(21(24)25-2)8-10-18(16)22/h4-8,10,14H,3,9,11-13H2,1-2H3. The highest BCUT2D eigenvalue weighted by molar-refractivity contribution is 5.97. The molecule has 5 heteroatoms. The summed E-state index contributed by atoms with van der Waals surface area (Å²) in [5, 5.41) is 0. The van der Waals surface area contributed by atoms with Gasteiger partial charge in [0.1, 0.15) is 5.75 Å². The van der Waals surface area contributed by atoms with Crippen LogP contribution in [-0.4, -0.2) is 32.1 Å². The second-order valence-corrected chi connectivity index (χ2v) is 6.17.